The normalized spacial score (nSPS) is 26.8. The second-order valence-corrected chi connectivity index (χ2v) is 33.3. The third-order valence-corrected chi connectivity index (χ3v) is 25.1. The molecule has 0 unspecified atom stereocenters. The summed E-state index contributed by atoms with van der Waals surface area (Å²) in [6.45, 7) is 1.49. The Bertz CT molecular complexity index is 5650. The maximum Gasteiger partial charge on any atom is 0.338 e. The van der Waals surface area contributed by atoms with Crippen LogP contribution in [-0.4, -0.2) is 230 Å². The standard InChI is InChI=1S/C97H87Cl4N3O28/c1-51-77(129-92(114)59-36-20-10-21-37-59)84(130-93(115)60-38-22-11-23-39-60)85(116-5)97(122-51)121-50-67-78(81(119-46-57-32-16-8-17-33-57)74(94(126-67)120-47-58-34-18-9-19-35-58)102-86(108)61-40-24-25-41-62(61)87(102)109)131-95-75(103-88(110)63-42-26-27-43-64(63)89(103)111)83(125-54(4)107)80(66(128-95)49-118-45-56-30-14-7-15-31-56)132-96-76(104-90(112)68-69(91(104)113)71(99)73(101)72(100)70(68)98)82(124-53(3)106)79(123-52(2)105)65(127-96)48-117-44-55-28-12-6-13-29-55/h6-43,51,65-67,74-85,94-97H,44-50H2,1-5H3/t51-,65+,66+,67+,74+,75+,76+,77+,78+,79+,80+,81+,82+,83+,84+,85-,94+,95-,96-,97+/m0/s1. The molecule has 7 aliphatic heterocycles. The van der Waals surface area contributed by atoms with E-state index in [-0.39, 0.29) is 59.8 Å². The van der Waals surface area contributed by atoms with Gasteiger partial charge in [0.1, 0.15) is 60.9 Å². The number of nitrogens with zero attached hydrogens (tertiary/aromatic N) is 3. The number of hydrogen-bond donors (Lipinski definition) is 0. The van der Waals surface area contributed by atoms with Crippen LogP contribution in [0.2, 0.25) is 20.1 Å². The van der Waals surface area contributed by atoms with E-state index in [0.29, 0.717) is 32.1 Å². The molecule has 20 atom stereocenters. The molecule has 0 spiro atoms. The molecule has 16 rings (SSSR count). The third kappa shape index (κ3) is 19.8. The highest BCUT2D eigenvalue weighted by Gasteiger charge is 2.65. The maximum absolute atomic E-state index is 16.1. The van der Waals surface area contributed by atoms with Gasteiger partial charge in [0, 0.05) is 27.9 Å². The van der Waals surface area contributed by atoms with Crippen LogP contribution in [0.1, 0.15) is 133 Å². The van der Waals surface area contributed by atoms with Gasteiger partial charge < -0.3 is 80.5 Å². The molecule has 35 heteroatoms. The topological polar surface area (TPSA) is 354 Å². The van der Waals surface area contributed by atoms with Crippen molar-refractivity contribution in [1.82, 2.24) is 14.7 Å². The maximum atomic E-state index is 16.1. The highest BCUT2D eigenvalue weighted by atomic mass is 35.5. The van der Waals surface area contributed by atoms with Crippen molar-refractivity contribution < 1.29 is 133 Å². The second-order valence-electron chi connectivity index (χ2n) is 31.8. The Morgan fingerprint density at radius 2 is 0.636 bits per heavy atom. The van der Waals surface area contributed by atoms with Crippen molar-refractivity contribution in [3.63, 3.8) is 0 Å². The largest absolute Gasteiger partial charge is 0.457 e. The van der Waals surface area contributed by atoms with Gasteiger partial charge in [0.15, 0.2) is 55.7 Å². The van der Waals surface area contributed by atoms with Crippen molar-refractivity contribution >= 4 is 112 Å². The lowest BCUT2D eigenvalue weighted by atomic mass is 9.91. The first-order chi connectivity index (χ1) is 63.8. The Hall–Kier alpha value is -11.6. The van der Waals surface area contributed by atoms with Crippen molar-refractivity contribution in [2.24, 2.45) is 0 Å². The van der Waals surface area contributed by atoms with Crippen LogP contribution in [0.4, 0.5) is 0 Å². The van der Waals surface area contributed by atoms with Crippen LogP contribution in [0.15, 0.2) is 231 Å². The van der Waals surface area contributed by atoms with Crippen LogP contribution < -0.4 is 0 Å². The van der Waals surface area contributed by atoms with Gasteiger partial charge in [-0.3, -0.25) is 57.9 Å². The van der Waals surface area contributed by atoms with Gasteiger partial charge in [-0.05, 0) is 77.7 Å². The van der Waals surface area contributed by atoms with E-state index in [9.17, 15) is 24.0 Å². The molecule has 4 saturated heterocycles. The molecule has 7 aliphatic rings. The quantitative estimate of drug-likeness (QED) is 0.0124. The predicted molar refractivity (Wildman–Crippen MR) is 465 cm³/mol. The number of methoxy groups -OCH3 is 1. The van der Waals surface area contributed by atoms with E-state index in [1.165, 1.54) is 67.8 Å². The van der Waals surface area contributed by atoms with E-state index in [4.69, 9.17) is 127 Å². The molecule has 0 bridgehead atoms. The fourth-order valence-corrected chi connectivity index (χ4v) is 18.3. The molecule has 686 valence electrons. The fraction of sp³-hybridized carbons (Fsp3) is 0.330. The molecule has 6 amide bonds. The molecule has 132 heavy (non-hydrogen) atoms. The SMILES string of the molecule is CO[C@@H]1[C@H](OC[C@H]2O[C@@H](OCc3ccccc3)[C@H](N3C(=O)c4ccccc4C3=O)[C@@H](OCc3ccccc3)[C@@H]2O[C@@H]2O[C@H](COCc3ccccc3)[C@@H](O[C@@H]3O[C@H](COCc4ccccc4)[C@@H](OC(C)=O)[C@H](OC(C)=O)[C@H]3N3C(=O)c4c(Cl)c(Cl)c(Cl)c(Cl)c4C3=O)[C@H](OC(C)=O)[C@H]2N2C(=O)c3ccccc3C2=O)O[C@@H](C)[C@@H](OC(=O)c2ccccc2)[C@H]1OC(=O)c1ccccc1. The van der Waals surface area contributed by atoms with E-state index >= 15 is 28.8 Å². The van der Waals surface area contributed by atoms with Crippen LogP contribution in [0, 0.1) is 0 Å². The highest BCUT2D eigenvalue weighted by Crippen LogP contribution is 2.49. The average molecular weight is 1880 g/mol. The molecule has 7 heterocycles. The van der Waals surface area contributed by atoms with Crippen LogP contribution in [0.5, 0.6) is 0 Å². The molecule has 4 fully saturated rings. The molecule has 31 nitrogen and oxygen atoms in total. The van der Waals surface area contributed by atoms with Crippen LogP contribution >= 0.6 is 46.4 Å². The minimum absolute atomic E-state index is 0.0333. The number of ether oxygens (including phenoxy) is 17. The zero-order valence-corrected chi connectivity index (χ0v) is 74.2. The van der Waals surface area contributed by atoms with Gasteiger partial charge >= 0.3 is 29.8 Å². The highest BCUT2D eigenvalue weighted by molar-refractivity contribution is 6.55. The molecule has 9 aromatic carbocycles. The number of rotatable bonds is 32. The monoisotopic (exact) mass is 1880 g/mol. The number of esters is 5. The van der Waals surface area contributed by atoms with Crippen molar-refractivity contribution in [1.29, 1.82) is 0 Å². The third-order valence-electron chi connectivity index (χ3n) is 23.3. The fourth-order valence-electron chi connectivity index (χ4n) is 17.3. The van der Waals surface area contributed by atoms with Gasteiger partial charge in [0.05, 0.1) is 117 Å². The molecular formula is C97H87Cl4N3O28. The van der Waals surface area contributed by atoms with Crippen LogP contribution in [0.25, 0.3) is 0 Å². The number of hydrogen-bond acceptors (Lipinski definition) is 28. The van der Waals surface area contributed by atoms with E-state index < -0.39 is 239 Å². The number of benzene rings is 9. The molecule has 0 N–H and O–H groups in total. The minimum atomic E-state index is -2.31. The Morgan fingerprint density at radius 1 is 0.311 bits per heavy atom. The van der Waals surface area contributed by atoms with E-state index in [0.717, 1.165) is 25.7 Å². The molecule has 0 radical (unpaired) electrons. The zero-order chi connectivity index (χ0) is 92.7. The first-order valence-electron chi connectivity index (χ1n) is 42.2. The summed E-state index contributed by atoms with van der Waals surface area (Å²) in [6.07, 6.45) is -31.1. The number of carbonyl (C=O) groups is 11. The Balaban J connectivity index is 0.877. The van der Waals surface area contributed by atoms with E-state index in [1.54, 1.807) is 177 Å². The summed E-state index contributed by atoms with van der Waals surface area (Å²) in [5.41, 5.74) is 0.905. The number of fused-ring (bicyclic) bond motifs is 3. The summed E-state index contributed by atoms with van der Waals surface area (Å²) in [5, 5.41) is -2.01. The van der Waals surface area contributed by atoms with E-state index in [1.807, 2.05) is 0 Å². The lowest BCUT2D eigenvalue weighted by Gasteiger charge is -2.53. The van der Waals surface area contributed by atoms with Crippen molar-refractivity contribution in [3.8, 4) is 0 Å². The summed E-state index contributed by atoms with van der Waals surface area (Å²) in [6, 6.07) is 56.5. The summed E-state index contributed by atoms with van der Waals surface area (Å²) in [4.78, 5) is 169. The number of halogens is 4. The Labute approximate surface area is 776 Å². The van der Waals surface area contributed by atoms with Crippen molar-refractivity contribution in [3.05, 3.63) is 317 Å². The Kier molecular flexibility index (Phi) is 29.6. The molecular weight excluding hydrogens is 1800 g/mol. The number of amides is 6. The summed E-state index contributed by atoms with van der Waals surface area (Å²) in [5.74, 6) is -11.3. The lowest BCUT2D eigenvalue weighted by molar-refractivity contribution is -0.369. The number of imide groups is 3. The first-order valence-corrected chi connectivity index (χ1v) is 43.7. The minimum Gasteiger partial charge on any atom is -0.457 e. The summed E-state index contributed by atoms with van der Waals surface area (Å²) >= 11 is 27.1. The van der Waals surface area contributed by atoms with Crippen LogP contribution in [-0.2, 0) is 121 Å². The Morgan fingerprint density at radius 3 is 1.05 bits per heavy atom. The lowest BCUT2D eigenvalue weighted by Crippen LogP contribution is -2.72. The molecule has 0 saturated carbocycles. The second kappa shape index (κ2) is 41.7. The van der Waals surface area contributed by atoms with Gasteiger partial charge in [-0.2, -0.15) is 0 Å². The predicted octanol–water partition coefficient (Wildman–Crippen LogP) is 12.8. The zero-order valence-electron chi connectivity index (χ0n) is 71.2. The van der Waals surface area contributed by atoms with Gasteiger partial charge in [-0.15, -0.1) is 0 Å². The van der Waals surface area contributed by atoms with Gasteiger partial charge in [0.2, 0.25) is 0 Å². The average Bonchev–Trinajstić information content (AvgIpc) is 1.56. The van der Waals surface area contributed by atoms with Crippen molar-refractivity contribution in [2.75, 3.05) is 26.9 Å². The summed E-state index contributed by atoms with van der Waals surface area (Å²) in [7, 11) is 1.27. The van der Waals surface area contributed by atoms with Crippen molar-refractivity contribution in [2.45, 2.75) is 177 Å². The number of carbonyl (C=O) groups excluding carboxylic acids is 11. The van der Waals surface area contributed by atoms with E-state index in [2.05, 4.69) is 0 Å². The van der Waals surface area contributed by atoms with Gasteiger partial charge in [-0.25, -0.2) is 9.59 Å². The van der Waals surface area contributed by atoms with Crippen LogP contribution in [0.3, 0.4) is 0 Å². The van der Waals surface area contributed by atoms with Gasteiger partial charge in [0.25, 0.3) is 35.4 Å². The first kappa shape index (κ1) is 93.7. The molecule has 0 aliphatic carbocycles. The molecule has 9 aromatic rings. The van der Waals surface area contributed by atoms with Gasteiger partial charge in [-0.1, -0.05) is 228 Å². The summed E-state index contributed by atoms with van der Waals surface area (Å²) < 4.78 is 115. The smallest absolute Gasteiger partial charge is 0.338 e. The molecule has 0 aromatic heterocycles.